The third kappa shape index (κ3) is 3.49. The Balaban J connectivity index is 1.87. The molecule has 0 saturated carbocycles. The minimum atomic E-state index is -3.07. The second kappa shape index (κ2) is 5.69. The molecule has 2 rings (SSSR count). The van der Waals surface area contributed by atoms with Crippen molar-refractivity contribution in [2.24, 2.45) is 0 Å². The van der Waals surface area contributed by atoms with Crippen LogP contribution in [0.4, 0.5) is 4.79 Å². The molecule has 0 bridgehead atoms. The van der Waals surface area contributed by atoms with Crippen molar-refractivity contribution in [3.05, 3.63) is 15.6 Å². The summed E-state index contributed by atoms with van der Waals surface area (Å²) in [7, 11) is -3.07. The van der Waals surface area contributed by atoms with Gasteiger partial charge in [0.25, 0.3) is 0 Å². The molecule has 8 heteroatoms. The van der Waals surface area contributed by atoms with Gasteiger partial charge in [0.15, 0.2) is 9.84 Å². The van der Waals surface area contributed by atoms with Gasteiger partial charge in [-0.3, -0.25) is 0 Å². The van der Waals surface area contributed by atoms with Crippen LogP contribution >= 0.6 is 11.3 Å². The van der Waals surface area contributed by atoms with Crippen LogP contribution in [-0.4, -0.2) is 48.9 Å². The Labute approximate surface area is 123 Å². The SMILES string of the molecule is Cc1nc(CNC(=O)N2CC[C@@H](S(C)(=O)=O)C2)sc1C. The third-order valence-electron chi connectivity index (χ3n) is 3.50. The summed E-state index contributed by atoms with van der Waals surface area (Å²) < 4.78 is 22.9. The van der Waals surface area contributed by atoms with Gasteiger partial charge in [0, 0.05) is 24.2 Å². The van der Waals surface area contributed by atoms with Crippen molar-refractivity contribution in [1.82, 2.24) is 15.2 Å². The van der Waals surface area contributed by atoms with E-state index in [2.05, 4.69) is 10.3 Å². The highest BCUT2D eigenvalue weighted by molar-refractivity contribution is 7.91. The Morgan fingerprint density at radius 1 is 1.50 bits per heavy atom. The zero-order chi connectivity index (χ0) is 14.9. The maximum absolute atomic E-state index is 12.0. The number of carbonyl (C=O) groups is 1. The number of hydrogen-bond acceptors (Lipinski definition) is 5. The Bertz CT molecular complexity index is 590. The smallest absolute Gasteiger partial charge is 0.317 e. The first-order chi connectivity index (χ1) is 9.27. The summed E-state index contributed by atoms with van der Waals surface area (Å²) >= 11 is 1.56. The quantitative estimate of drug-likeness (QED) is 0.905. The van der Waals surface area contributed by atoms with E-state index in [1.54, 1.807) is 16.2 Å². The number of nitrogens with one attached hydrogen (secondary N) is 1. The van der Waals surface area contributed by atoms with E-state index < -0.39 is 15.1 Å². The van der Waals surface area contributed by atoms with Crippen LogP contribution in [-0.2, 0) is 16.4 Å². The number of carbonyl (C=O) groups excluding carboxylic acids is 1. The number of hydrogen-bond donors (Lipinski definition) is 1. The average Bonchev–Trinajstić information content (AvgIpc) is 2.94. The van der Waals surface area contributed by atoms with Gasteiger partial charge in [0.2, 0.25) is 0 Å². The number of aromatic nitrogens is 1. The molecule has 1 aromatic heterocycles. The number of rotatable bonds is 3. The lowest BCUT2D eigenvalue weighted by molar-refractivity contribution is 0.208. The molecule has 1 fully saturated rings. The van der Waals surface area contributed by atoms with E-state index in [0.717, 1.165) is 15.6 Å². The van der Waals surface area contributed by atoms with Gasteiger partial charge in [-0.15, -0.1) is 11.3 Å². The molecule has 2 heterocycles. The maximum Gasteiger partial charge on any atom is 0.317 e. The van der Waals surface area contributed by atoms with E-state index in [9.17, 15) is 13.2 Å². The third-order valence-corrected chi connectivity index (χ3v) is 6.17. The van der Waals surface area contributed by atoms with E-state index in [4.69, 9.17) is 0 Å². The number of amides is 2. The average molecular weight is 317 g/mol. The van der Waals surface area contributed by atoms with Gasteiger partial charge in [-0.05, 0) is 20.3 Å². The molecule has 6 nitrogen and oxygen atoms in total. The van der Waals surface area contributed by atoms with Crippen LogP contribution in [0.5, 0.6) is 0 Å². The van der Waals surface area contributed by atoms with Gasteiger partial charge in [0.1, 0.15) is 5.01 Å². The van der Waals surface area contributed by atoms with E-state index in [-0.39, 0.29) is 12.6 Å². The predicted octanol–water partition coefficient (Wildman–Crippen LogP) is 1.09. The molecule has 0 unspecified atom stereocenters. The van der Waals surface area contributed by atoms with Crippen LogP contribution in [0, 0.1) is 13.8 Å². The largest absolute Gasteiger partial charge is 0.331 e. The summed E-state index contributed by atoms with van der Waals surface area (Å²) in [4.78, 5) is 19.0. The van der Waals surface area contributed by atoms with Gasteiger partial charge < -0.3 is 10.2 Å². The normalized spacial score (nSPS) is 19.4. The fourth-order valence-corrected chi connectivity index (χ4v) is 4.00. The Kier molecular flexibility index (Phi) is 4.33. The molecule has 0 spiro atoms. The highest BCUT2D eigenvalue weighted by Gasteiger charge is 2.32. The maximum atomic E-state index is 12.0. The molecular formula is C12H19N3O3S2. The van der Waals surface area contributed by atoms with Crippen LogP contribution in [0.15, 0.2) is 0 Å². The molecule has 1 aliphatic rings. The van der Waals surface area contributed by atoms with Crippen LogP contribution in [0.2, 0.25) is 0 Å². The summed E-state index contributed by atoms with van der Waals surface area (Å²) in [6, 6.07) is -0.221. The van der Waals surface area contributed by atoms with E-state index in [1.807, 2.05) is 13.8 Å². The molecule has 0 aliphatic carbocycles. The number of sulfone groups is 1. The fraction of sp³-hybridized carbons (Fsp3) is 0.667. The Morgan fingerprint density at radius 3 is 2.70 bits per heavy atom. The Morgan fingerprint density at radius 2 is 2.20 bits per heavy atom. The number of nitrogens with zero attached hydrogens (tertiary/aromatic N) is 2. The van der Waals surface area contributed by atoms with Crippen LogP contribution < -0.4 is 5.32 Å². The second-order valence-electron chi connectivity index (χ2n) is 5.09. The van der Waals surface area contributed by atoms with Gasteiger partial charge in [-0.1, -0.05) is 0 Å². The lowest BCUT2D eigenvalue weighted by Crippen LogP contribution is -2.39. The van der Waals surface area contributed by atoms with Crippen LogP contribution in [0.3, 0.4) is 0 Å². The molecule has 2 amide bonds. The molecule has 1 aromatic rings. The van der Waals surface area contributed by atoms with Crippen LogP contribution in [0.25, 0.3) is 0 Å². The lowest BCUT2D eigenvalue weighted by atomic mass is 10.4. The molecule has 20 heavy (non-hydrogen) atoms. The zero-order valence-electron chi connectivity index (χ0n) is 11.8. The first kappa shape index (κ1) is 15.2. The van der Waals surface area contributed by atoms with Gasteiger partial charge in [-0.25, -0.2) is 18.2 Å². The molecule has 0 radical (unpaired) electrons. The molecule has 1 aliphatic heterocycles. The highest BCUT2D eigenvalue weighted by Crippen LogP contribution is 2.18. The zero-order valence-corrected chi connectivity index (χ0v) is 13.5. The topological polar surface area (TPSA) is 79.4 Å². The summed E-state index contributed by atoms with van der Waals surface area (Å²) in [6.45, 7) is 5.09. The highest BCUT2D eigenvalue weighted by atomic mass is 32.2. The van der Waals surface area contributed by atoms with Crippen molar-refractivity contribution >= 4 is 27.2 Å². The van der Waals surface area contributed by atoms with E-state index >= 15 is 0 Å². The summed E-state index contributed by atoms with van der Waals surface area (Å²) in [5.74, 6) is 0. The van der Waals surface area contributed by atoms with Crippen molar-refractivity contribution in [1.29, 1.82) is 0 Å². The van der Waals surface area contributed by atoms with Crippen molar-refractivity contribution < 1.29 is 13.2 Å². The van der Waals surface area contributed by atoms with Crippen molar-refractivity contribution in [3.8, 4) is 0 Å². The molecule has 112 valence electrons. The van der Waals surface area contributed by atoms with Gasteiger partial charge >= 0.3 is 6.03 Å². The number of aryl methyl sites for hydroxylation is 2. The number of likely N-dealkylation sites (tertiary alicyclic amines) is 1. The van der Waals surface area contributed by atoms with E-state index in [0.29, 0.717) is 19.5 Å². The molecule has 1 saturated heterocycles. The van der Waals surface area contributed by atoms with Crippen molar-refractivity contribution in [2.45, 2.75) is 32.1 Å². The predicted molar refractivity (Wildman–Crippen MR) is 78.6 cm³/mol. The lowest BCUT2D eigenvalue weighted by Gasteiger charge is -2.16. The summed E-state index contributed by atoms with van der Waals surface area (Å²) in [5.41, 5.74) is 0.984. The Hall–Kier alpha value is -1.15. The fourth-order valence-electron chi connectivity index (χ4n) is 2.14. The first-order valence-electron chi connectivity index (χ1n) is 6.42. The summed E-state index contributed by atoms with van der Waals surface area (Å²) in [6.07, 6.45) is 1.74. The minimum absolute atomic E-state index is 0.221. The van der Waals surface area contributed by atoms with Crippen LogP contribution in [0.1, 0.15) is 22.0 Å². The number of urea groups is 1. The second-order valence-corrected chi connectivity index (χ2v) is 8.71. The van der Waals surface area contributed by atoms with Gasteiger partial charge in [0.05, 0.1) is 17.5 Å². The number of thiazole rings is 1. The van der Waals surface area contributed by atoms with Gasteiger partial charge in [-0.2, -0.15) is 0 Å². The summed E-state index contributed by atoms with van der Waals surface area (Å²) in [5, 5.41) is 3.23. The van der Waals surface area contributed by atoms with Crippen molar-refractivity contribution in [2.75, 3.05) is 19.3 Å². The molecule has 1 N–H and O–H groups in total. The standard InChI is InChI=1S/C12H19N3O3S2/c1-8-9(2)19-11(14-8)6-13-12(16)15-5-4-10(7-15)20(3,17)18/h10H,4-7H2,1-3H3,(H,13,16)/t10-/m1/s1. The molecular weight excluding hydrogens is 298 g/mol. The van der Waals surface area contributed by atoms with E-state index in [1.165, 1.54) is 6.26 Å². The van der Waals surface area contributed by atoms with Crippen molar-refractivity contribution in [3.63, 3.8) is 0 Å². The monoisotopic (exact) mass is 317 g/mol. The minimum Gasteiger partial charge on any atom is -0.331 e. The molecule has 1 atom stereocenters. The first-order valence-corrected chi connectivity index (χ1v) is 9.19. The molecule has 0 aromatic carbocycles.